The highest BCUT2D eigenvalue weighted by Gasteiger charge is 2.07. The molecular weight excluding hydrogens is 168 g/mol. The highest BCUT2D eigenvalue weighted by Crippen LogP contribution is 2.23. The van der Waals surface area contributed by atoms with Gasteiger partial charge in [-0.05, 0) is 11.8 Å². The van der Waals surface area contributed by atoms with Crippen molar-refractivity contribution >= 4 is 23.1 Å². The number of hydrogen-bond acceptors (Lipinski definition) is 0. The lowest BCUT2D eigenvalue weighted by molar-refractivity contribution is 0.612. The maximum absolute atomic E-state index is 2.34. The van der Waals surface area contributed by atoms with Gasteiger partial charge in [-0.2, -0.15) is 0 Å². The third-order valence-corrected chi connectivity index (χ3v) is 3.29. The van der Waals surface area contributed by atoms with Gasteiger partial charge in [0, 0.05) is 23.1 Å². The van der Waals surface area contributed by atoms with Gasteiger partial charge in [0.2, 0.25) is 0 Å². The van der Waals surface area contributed by atoms with Crippen molar-refractivity contribution in [2.24, 2.45) is 11.8 Å². The second-order valence-electron chi connectivity index (χ2n) is 4.78. The lowest BCUT2D eigenvalue weighted by atomic mass is 10.2. The van der Waals surface area contributed by atoms with Crippen molar-refractivity contribution in [2.75, 3.05) is 0 Å². The predicted octanol–water partition coefficient (Wildman–Crippen LogP) is 4.01. The van der Waals surface area contributed by atoms with Crippen LogP contribution in [0.15, 0.2) is 0 Å². The minimum Gasteiger partial charge on any atom is -0.0625 e. The molecule has 2 fully saturated rings. The predicted molar refractivity (Wildman–Crippen MR) is 61.0 cm³/mol. The van der Waals surface area contributed by atoms with Crippen LogP contribution in [-0.4, -0.2) is 23.1 Å². The van der Waals surface area contributed by atoms with Gasteiger partial charge in [0.1, 0.15) is 0 Å². The Bertz CT molecular complexity index is 85.7. The summed E-state index contributed by atoms with van der Waals surface area (Å²) in [7, 11) is 0. The molecule has 2 radical (unpaired) electrons. The molecule has 2 aliphatic carbocycles. The average Bonchev–Trinajstić information content (AvgIpc) is 2.63. The first-order chi connectivity index (χ1) is 5.79. The van der Waals surface area contributed by atoms with Gasteiger partial charge in [-0.1, -0.05) is 65.2 Å². The fraction of sp³-hybridized carbons (Fsp3) is 1.00. The van der Waals surface area contributed by atoms with Crippen molar-refractivity contribution in [1.82, 2.24) is 0 Å². The van der Waals surface area contributed by atoms with E-state index >= 15 is 0 Å². The maximum atomic E-state index is 2.34. The molecule has 0 spiro atoms. The lowest BCUT2D eigenvalue weighted by Gasteiger charge is -1.91. The van der Waals surface area contributed by atoms with Crippen molar-refractivity contribution in [2.45, 2.75) is 65.2 Å². The molecule has 0 N–H and O–H groups in total. The Morgan fingerprint density at radius 2 is 0.846 bits per heavy atom. The first-order valence-electron chi connectivity index (χ1n) is 5.79. The van der Waals surface area contributed by atoms with Gasteiger partial charge < -0.3 is 0 Å². The van der Waals surface area contributed by atoms with Crippen LogP contribution in [0.5, 0.6) is 0 Å². The molecule has 0 aliphatic heterocycles. The molecule has 13 heavy (non-hydrogen) atoms. The molecule has 1 heteroatoms. The minimum atomic E-state index is 0. The summed E-state index contributed by atoms with van der Waals surface area (Å²) in [5.74, 6) is 2.09. The zero-order valence-electron chi connectivity index (χ0n) is 9.52. The van der Waals surface area contributed by atoms with Gasteiger partial charge in [0.25, 0.3) is 0 Å². The zero-order valence-corrected chi connectivity index (χ0v) is 10.9. The summed E-state index contributed by atoms with van der Waals surface area (Å²) >= 11 is 0. The molecule has 0 aromatic rings. The van der Waals surface area contributed by atoms with Crippen molar-refractivity contribution in [3.63, 3.8) is 0 Å². The summed E-state index contributed by atoms with van der Waals surface area (Å²) in [6.07, 6.45) is 11.9. The lowest BCUT2D eigenvalue weighted by Crippen LogP contribution is -1.78. The Labute approximate surface area is 100 Å². The molecule has 0 amide bonds. The first-order valence-corrected chi connectivity index (χ1v) is 5.79. The molecule has 2 aliphatic rings. The third kappa shape index (κ3) is 6.79. The number of hydrogen-bond donors (Lipinski definition) is 0. The van der Waals surface area contributed by atoms with Crippen molar-refractivity contribution in [3.05, 3.63) is 0 Å². The van der Waals surface area contributed by atoms with E-state index in [0.29, 0.717) is 0 Å². The summed E-state index contributed by atoms with van der Waals surface area (Å²) in [6, 6.07) is 0. The first kappa shape index (κ1) is 13.8. The molecule has 0 heterocycles. The standard InChI is InChI=1S/2C6H12.Mg/c2*1-6-4-2-3-5-6;/h2*6H,2-5H2,1H3;. The van der Waals surface area contributed by atoms with Crippen LogP contribution in [0, 0.1) is 11.8 Å². The van der Waals surface area contributed by atoms with Crippen molar-refractivity contribution in [1.29, 1.82) is 0 Å². The molecule has 2 saturated carbocycles. The fourth-order valence-corrected chi connectivity index (χ4v) is 2.26. The second-order valence-corrected chi connectivity index (χ2v) is 4.78. The summed E-state index contributed by atoms with van der Waals surface area (Å²) in [5.41, 5.74) is 0. The zero-order chi connectivity index (χ0) is 8.81. The Kier molecular flexibility index (Phi) is 8.58. The van der Waals surface area contributed by atoms with E-state index in [0.717, 1.165) is 11.8 Å². The Hall–Kier alpha value is 0.766. The maximum Gasteiger partial charge on any atom is 0 e. The second kappa shape index (κ2) is 8.11. The van der Waals surface area contributed by atoms with Crippen LogP contribution < -0.4 is 0 Å². The van der Waals surface area contributed by atoms with E-state index in [1.807, 2.05) is 0 Å². The van der Waals surface area contributed by atoms with Crippen molar-refractivity contribution < 1.29 is 0 Å². The molecule has 0 bridgehead atoms. The molecule has 0 atom stereocenters. The molecule has 74 valence electrons. The van der Waals surface area contributed by atoms with Crippen molar-refractivity contribution in [3.8, 4) is 0 Å². The van der Waals surface area contributed by atoms with Crippen LogP contribution in [0.25, 0.3) is 0 Å². The highest BCUT2D eigenvalue weighted by atomic mass is 24.3. The molecule has 2 rings (SSSR count). The van der Waals surface area contributed by atoms with Crippen LogP contribution in [0.4, 0.5) is 0 Å². The third-order valence-electron chi connectivity index (χ3n) is 3.29. The molecular formula is C12H24Mg. The Morgan fingerprint density at radius 3 is 0.923 bits per heavy atom. The van der Waals surface area contributed by atoms with E-state index in [1.165, 1.54) is 51.4 Å². The van der Waals surface area contributed by atoms with Gasteiger partial charge in [0.15, 0.2) is 0 Å². The van der Waals surface area contributed by atoms with E-state index in [1.54, 1.807) is 0 Å². The summed E-state index contributed by atoms with van der Waals surface area (Å²) in [6.45, 7) is 4.68. The van der Waals surface area contributed by atoms with Gasteiger partial charge in [-0.3, -0.25) is 0 Å². The van der Waals surface area contributed by atoms with E-state index < -0.39 is 0 Å². The van der Waals surface area contributed by atoms with Crippen LogP contribution in [0.1, 0.15) is 65.2 Å². The smallest absolute Gasteiger partial charge is 0 e. The molecule has 0 unspecified atom stereocenters. The summed E-state index contributed by atoms with van der Waals surface area (Å²) in [4.78, 5) is 0. The van der Waals surface area contributed by atoms with Crippen LogP contribution in [0.3, 0.4) is 0 Å². The van der Waals surface area contributed by atoms with Gasteiger partial charge >= 0.3 is 0 Å². The SMILES string of the molecule is CC1CCCC1.CC1CCCC1.[Mg]. The van der Waals surface area contributed by atoms with E-state index in [2.05, 4.69) is 13.8 Å². The Balaban J connectivity index is 0.000000206. The van der Waals surface area contributed by atoms with Gasteiger partial charge in [-0.25, -0.2) is 0 Å². The normalized spacial score (nSPS) is 23.5. The Morgan fingerprint density at radius 1 is 0.615 bits per heavy atom. The summed E-state index contributed by atoms with van der Waals surface area (Å²) in [5, 5.41) is 0. The van der Waals surface area contributed by atoms with Crippen LogP contribution in [-0.2, 0) is 0 Å². The van der Waals surface area contributed by atoms with E-state index in [9.17, 15) is 0 Å². The molecule has 0 aromatic heterocycles. The van der Waals surface area contributed by atoms with Gasteiger partial charge in [-0.15, -0.1) is 0 Å². The topological polar surface area (TPSA) is 0 Å². The monoisotopic (exact) mass is 192 g/mol. The van der Waals surface area contributed by atoms with E-state index in [4.69, 9.17) is 0 Å². The van der Waals surface area contributed by atoms with Crippen LogP contribution in [0.2, 0.25) is 0 Å². The molecule has 0 nitrogen and oxygen atoms in total. The molecule has 0 saturated heterocycles. The van der Waals surface area contributed by atoms with E-state index in [-0.39, 0.29) is 23.1 Å². The van der Waals surface area contributed by atoms with Crippen LogP contribution >= 0.6 is 0 Å². The number of rotatable bonds is 0. The quantitative estimate of drug-likeness (QED) is 0.509. The molecule has 0 aromatic carbocycles. The largest absolute Gasteiger partial charge is 0.0625 e. The summed E-state index contributed by atoms with van der Waals surface area (Å²) < 4.78 is 0. The minimum absolute atomic E-state index is 0. The van der Waals surface area contributed by atoms with Gasteiger partial charge in [0.05, 0.1) is 0 Å². The highest BCUT2D eigenvalue weighted by molar-refractivity contribution is 5.75. The fourth-order valence-electron chi connectivity index (χ4n) is 2.26. The average molecular weight is 193 g/mol.